The largest absolute Gasteiger partial charge is 0.496 e. The van der Waals surface area contributed by atoms with Crippen molar-refractivity contribution in [3.05, 3.63) is 52.3 Å². The second kappa shape index (κ2) is 8.41. The van der Waals surface area contributed by atoms with Crippen molar-refractivity contribution in [1.29, 1.82) is 0 Å². The number of likely N-dealkylation sites (tertiary alicyclic amines) is 1. The smallest absolute Gasteiger partial charge is 0.268 e. The number of carbonyl (C=O) groups is 2. The van der Waals surface area contributed by atoms with E-state index in [4.69, 9.17) is 4.74 Å². The van der Waals surface area contributed by atoms with Gasteiger partial charge in [-0.2, -0.15) is 0 Å². The molecule has 1 fully saturated rings. The van der Waals surface area contributed by atoms with Gasteiger partial charge in [-0.05, 0) is 57.3 Å². The Morgan fingerprint density at radius 1 is 1.21 bits per heavy atom. The van der Waals surface area contributed by atoms with E-state index in [0.29, 0.717) is 18.7 Å². The SMILES string of the molecule is COc1ccccc1[C@H](CNC(=O)c1[nH]c2c(c1C)C(=O)CCC2)N1CCCC1. The maximum Gasteiger partial charge on any atom is 0.268 e. The minimum absolute atomic E-state index is 0.0594. The molecule has 0 bridgehead atoms. The number of aromatic nitrogens is 1. The number of para-hydroxylation sites is 1. The number of aryl methyl sites for hydroxylation is 1. The number of aromatic amines is 1. The standard InChI is InChI=1S/C23H29N3O3/c1-15-21-17(9-7-10-19(21)27)25-22(15)23(28)24-14-18(26-12-5-6-13-26)16-8-3-4-11-20(16)29-2/h3-4,8,11,18,25H,5-7,9-10,12-14H2,1-2H3,(H,24,28)/t18-/m0/s1. The number of ketones is 1. The molecular weight excluding hydrogens is 366 g/mol. The van der Waals surface area contributed by atoms with E-state index in [0.717, 1.165) is 54.1 Å². The van der Waals surface area contributed by atoms with Crippen LogP contribution >= 0.6 is 0 Å². The Hall–Kier alpha value is -2.60. The Morgan fingerprint density at radius 2 is 1.97 bits per heavy atom. The summed E-state index contributed by atoms with van der Waals surface area (Å²) in [6, 6.07) is 8.08. The van der Waals surface area contributed by atoms with Crippen LogP contribution in [0.15, 0.2) is 24.3 Å². The number of Topliss-reactive ketones (excluding diaryl/α,β-unsaturated/α-hetero) is 1. The van der Waals surface area contributed by atoms with Gasteiger partial charge in [0.1, 0.15) is 11.4 Å². The second-order valence-corrected chi connectivity index (χ2v) is 7.97. The van der Waals surface area contributed by atoms with Crippen LogP contribution in [0.1, 0.15) is 69.4 Å². The van der Waals surface area contributed by atoms with E-state index in [2.05, 4.69) is 21.3 Å². The van der Waals surface area contributed by atoms with Gasteiger partial charge in [-0.15, -0.1) is 0 Å². The van der Waals surface area contributed by atoms with Gasteiger partial charge in [-0.25, -0.2) is 0 Å². The molecule has 6 nitrogen and oxygen atoms in total. The number of H-pyrrole nitrogens is 1. The summed E-state index contributed by atoms with van der Waals surface area (Å²) in [5, 5.41) is 3.11. The van der Waals surface area contributed by atoms with Crippen molar-refractivity contribution in [3.63, 3.8) is 0 Å². The van der Waals surface area contributed by atoms with E-state index in [1.165, 1.54) is 12.8 Å². The van der Waals surface area contributed by atoms with Crippen molar-refractivity contribution in [2.75, 3.05) is 26.7 Å². The number of hydrogen-bond acceptors (Lipinski definition) is 4. The molecular formula is C23H29N3O3. The first kappa shape index (κ1) is 19.7. The Bertz CT molecular complexity index is 912. The maximum absolute atomic E-state index is 13.0. The van der Waals surface area contributed by atoms with Crippen molar-refractivity contribution >= 4 is 11.7 Å². The molecule has 2 aliphatic rings. The van der Waals surface area contributed by atoms with Crippen LogP contribution in [0, 0.1) is 6.92 Å². The average molecular weight is 396 g/mol. The summed E-state index contributed by atoms with van der Waals surface area (Å²) in [6.45, 7) is 4.40. The predicted molar refractivity (Wildman–Crippen MR) is 112 cm³/mol. The summed E-state index contributed by atoms with van der Waals surface area (Å²) in [6.07, 6.45) is 4.58. The Kier molecular flexibility index (Phi) is 5.72. The number of fused-ring (bicyclic) bond motifs is 1. The fraction of sp³-hybridized carbons (Fsp3) is 0.478. The molecule has 1 atom stereocenters. The lowest BCUT2D eigenvalue weighted by Crippen LogP contribution is -2.37. The monoisotopic (exact) mass is 395 g/mol. The number of methoxy groups -OCH3 is 1. The number of benzene rings is 1. The molecule has 2 aromatic rings. The molecule has 1 aromatic carbocycles. The van der Waals surface area contributed by atoms with Gasteiger partial charge in [-0.3, -0.25) is 14.5 Å². The zero-order chi connectivity index (χ0) is 20.4. The van der Waals surface area contributed by atoms with Gasteiger partial charge in [0, 0.05) is 29.8 Å². The van der Waals surface area contributed by atoms with E-state index in [1.807, 2.05) is 25.1 Å². The third kappa shape index (κ3) is 3.81. The van der Waals surface area contributed by atoms with Crippen molar-refractivity contribution in [3.8, 4) is 5.75 Å². The van der Waals surface area contributed by atoms with Crippen molar-refractivity contribution in [2.24, 2.45) is 0 Å². The van der Waals surface area contributed by atoms with Crippen LogP contribution < -0.4 is 10.1 Å². The second-order valence-electron chi connectivity index (χ2n) is 7.97. The van der Waals surface area contributed by atoms with E-state index in [1.54, 1.807) is 7.11 Å². The summed E-state index contributed by atoms with van der Waals surface area (Å²) >= 11 is 0. The number of carbonyl (C=O) groups excluding carboxylic acids is 2. The number of hydrogen-bond donors (Lipinski definition) is 2. The lowest BCUT2D eigenvalue weighted by Gasteiger charge is -2.29. The van der Waals surface area contributed by atoms with Crippen LogP contribution in [-0.4, -0.2) is 48.3 Å². The highest BCUT2D eigenvalue weighted by Gasteiger charge is 2.29. The first-order valence-corrected chi connectivity index (χ1v) is 10.5. The van der Waals surface area contributed by atoms with Gasteiger partial charge in [0.05, 0.1) is 13.2 Å². The van der Waals surface area contributed by atoms with Gasteiger partial charge in [0.15, 0.2) is 5.78 Å². The molecule has 6 heteroatoms. The molecule has 2 N–H and O–H groups in total. The first-order valence-electron chi connectivity index (χ1n) is 10.5. The molecule has 2 heterocycles. The molecule has 1 aromatic heterocycles. The van der Waals surface area contributed by atoms with Crippen LogP contribution in [0.5, 0.6) is 5.75 Å². The van der Waals surface area contributed by atoms with Gasteiger partial charge < -0.3 is 15.0 Å². The highest BCUT2D eigenvalue weighted by Crippen LogP contribution is 2.31. The summed E-state index contributed by atoms with van der Waals surface area (Å²) in [4.78, 5) is 30.9. The molecule has 0 radical (unpaired) electrons. The third-order valence-corrected chi connectivity index (χ3v) is 6.20. The molecule has 0 unspecified atom stereocenters. The van der Waals surface area contributed by atoms with E-state index >= 15 is 0 Å². The van der Waals surface area contributed by atoms with Crippen LogP contribution in [0.2, 0.25) is 0 Å². The van der Waals surface area contributed by atoms with Gasteiger partial charge in [0.25, 0.3) is 5.91 Å². The molecule has 1 amide bonds. The van der Waals surface area contributed by atoms with Gasteiger partial charge >= 0.3 is 0 Å². The molecule has 154 valence electrons. The number of nitrogens with zero attached hydrogens (tertiary/aromatic N) is 1. The third-order valence-electron chi connectivity index (χ3n) is 6.20. The van der Waals surface area contributed by atoms with Crippen LogP contribution in [0.4, 0.5) is 0 Å². The molecule has 0 spiro atoms. The average Bonchev–Trinajstić information content (AvgIpc) is 3.37. The van der Waals surface area contributed by atoms with E-state index in [9.17, 15) is 9.59 Å². The summed E-state index contributed by atoms with van der Waals surface area (Å²) in [7, 11) is 1.68. The minimum atomic E-state index is -0.149. The van der Waals surface area contributed by atoms with Crippen molar-refractivity contribution < 1.29 is 14.3 Å². The van der Waals surface area contributed by atoms with E-state index in [-0.39, 0.29) is 17.7 Å². The number of nitrogens with one attached hydrogen (secondary N) is 2. The molecule has 1 aliphatic carbocycles. The fourth-order valence-electron chi connectivity index (χ4n) is 4.71. The van der Waals surface area contributed by atoms with Crippen LogP contribution in [0.3, 0.4) is 0 Å². The molecule has 4 rings (SSSR count). The van der Waals surface area contributed by atoms with Crippen molar-refractivity contribution in [2.45, 2.75) is 45.1 Å². The first-order chi connectivity index (χ1) is 14.1. The summed E-state index contributed by atoms with van der Waals surface area (Å²) in [5.74, 6) is 0.836. The minimum Gasteiger partial charge on any atom is -0.496 e. The number of amides is 1. The van der Waals surface area contributed by atoms with E-state index < -0.39 is 0 Å². The van der Waals surface area contributed by atoms with Crippen molar-refractivity contribution in [1.82, 2.24) is 15.2 Å². The number of ether oxygens (including phenoxy) is 1. The van der Waals surface area contributed by atoms with Crippen LogP contribution in [-0.2, 0) is 6.42 Å². The Balaban J connectivity index is 1.55. The Labute approximate surface area is 171 Å². The zero-order valence-electron chi connectivity index (χ0n) is 17.2. The molecule has 1 aliphatic heterocycles. The lowest BCUT2D eigenvalue weighted by atomic mass is 9.94. The molecule has 1 saturated heterocycles. The lowest BCUT2D eigenvalue weighted by molar-refractivity contribution is 0.0931. The topological polar surface area (TPSA) is 74.4 Å². The number of rotatable bonds is 6. The quantitative estimate of drug-likeness (QED) is 0.786. The highest BCUT2D eigenvalue weighted by atomic mass is 16.5. The summed E-state index contributed by atoms with van der Waals surface area (Å²) < 4.78 is 5.58. The molecule has 0 saturated carbocycles. The van der Waals surface area contributed by atoms with Gasteiger partial charge in [0.2, 0.25) is 0 Å². The maximum atomic E-state index is 13.0. The Morgan fingerprint density at radius 3 is 2.69 bits per heavy atom. The normalized spacial score (nSPS) is 17.8. The predicted octanol–water partition coefficient (Wildman–Crippen LogP) is 3.42. The van der Waals surface area contributed by atoms with Crippen LogP contribution in [0.25, 0.3) is 0 Å². The van der Waals surface area contributed by atoms with Gasteiger partial charge in [-0.1, -0.05) is 18.2 Å². The highest BCUT2D eigenvalue weighted by molar-refractivity contribution is 6.04. The fourth-order valence-corrected chi connectivity index (χ4v) is 4.71. The zero-order valence-corrected chi connectivity index (χ0v) is 17.2. The molecule has 29 heavy (non-hydrogen) atoms. The summed E-state index contributed by atoms with van der Waals surface area (Å²) in [5.41, 5.74) is 4.02.